The summed E-state index contributed by atoms with van der Waals surface area (Å²) in [4.78, 5) is 0. The predicted molar refractivity (Wildman–Crippen MR) is 38.0 cm³/mol. The summed E-state index contributed by atoms with van der Waals surface area (Å²) in [7, 11) is -2.71. The second-order valence-corrected chi connectivity index (χ2v) is 2.18. The second kappa shape index (κ2) is 6.61. The van der Waals surface area contributed by atoms with Gasteiger partial charge in [-0.15, -0.1) is 0 Å². The van der Waals surface area contributed by atoms with Gasteiger partial charge in [0, 0.05) is 0 Å². The van der Waals surface area contributed by atoms with E-state index in [9.17, 15) is 8.42 Å². The van der Waals surface area contributed by atoms with Gasteiger partial charge in [-0.25, -0.2) is 0 Å². The summed E-state index contributed by atoms with van der Waals surface area (Å²) in [6.07, 6.45) is 1.19. The molecular weight excluding hydrogens is 151 g/mol. The van der Waals surface area contributed by atoms with Gasteiger partial charge < -0.3 is 4.18 Å². The van der Waals surface area contributed by atoms with Crippen molar-refractivity contribution in [1.82, 2.24) is 0 Å². The molecule has 0 saturated heterocycles. The first-order valence-corrected chi connectivity index (χ1v) is 3.17. The van der Waals surface area contributed by atoms with Crippen LogP contribution < -0.4 is 0 Å². The average molecular weight is 160 g/mol. The van der Waals surface area contributed by atoms with Gasteiger partial charge in [0.2, 0.25) is 0 Å². The molecule has 5 heteroatoms. The molecule has 9 heavy (non-hydrogen) atoms. The summed E-state index contributed by atoms with van der Waals surface area (Å²) >= 11 is 0. The standard InChI is InChI=1S/C4H8O3S.Na.H/c1-4(2)3-7-8(5)6;;/h3,8H,1-2H3;;. The maximum atomic E-state index is 9.67. The van der Waals surface area contributed by atoms with E-state index in [1.54, 1.807) is 13.8 Å². The van der Waals surface area contributed by atoms with Gasteiger partial charge in [-0.3, -0.25) is 0 Å². The molecule has 0 radical (unpaired) electrons. The van der Waals surface area contributed by atoms with Gasteiger partial charge in [0.1, 0.15) is 6.26 Å². The molecule has 0 aromatic carbocycles. The van der Waals surface area contributed by atoms with Gasteiger partial charge in [-0.2, -0.15) is 8.42 Å². The normalized spacial score (nSPS) is 7.89. The van der Waals surface area contributed by atoms with E-state index in [0.717, 1.165) is 5.57 Å². The Balaban J connectivity index is 0. The van der Waals surface area contributed by atoms with Crippen molar-refractivity contribution in [2.75, 3.05) is 0 Å². The monoisotopic (exact) mass is 160 g/mol. The van der Waals surface area contributed by atoms with Crippen LogP contribution in [0, 0.1) is 0 Å². The molecule has 0 rings (SSSR count). The first kappa shape index (κ1) is 12.2. The molecular formula is C4H9NaO3S. The Hall–Kier alpha value is 0.490. The van der Waals surface area contributed by atoms with Gasteiger partial charge in [0.15, 0.2) is 0 Å². The molecule has 0 aliphatic carbocycles. The fourth-order valence-corrected chi connectivity index (χ4v) is 0.445. The molecule has 0 bridgehead atoms. The van der Waals surface area contributed by atoms with Crippen molar-refractivity contribution in [1.29, 1.82) is 0 Å². The summed E-state index contributed by atoms with van der Waals surface area (Å²) in [6, 6.07) is 0. The number of hydrogen-bond donors (Lipinski definition) is 1. The third-order valence-corrected chi connectivity index (χ3v) is 0.652. The molecule has 3 nitrogen and oxygen atoms in total. The summed E-state index contributed by atoms with van der Waals surface area (Å²) in [5.74, 6) is 0. The fourth-order valence-electron chi connectivity index (χ4n) is 0.148. The molecule has 0 N–H and O–H groups in total. The maximum absolute atomic E-state index is 9.67. The van der Waals surface area contributed by atoms with Gasteiger partial charge in [-0.1, -0.05) is 0 Å². The van der Waals surface area contributed by atoms with Crippen molar-refractivity contribution in [3.05, 3.63) is 11.8 Å². The number of thiol groups is 1. The Morgan fingerprint density at radius 1 is 1.44 bits per heavy atom. The summed E-state index contributed by atoms with van der Waals surface area (Å²) < 4.78 is 23.4. The van der Waals surface area contributed by atoms with Crippen molar-refractivity contribution in [3.63, 3.8) is 0 Å². The van der Waals surface area contributed by atoms with Gasteiger partial charge in [-0.05, 0) is 19.4 Å². The molecule has 0 atom stereocenters. The van der Waals surface area contributed by atoms with E-state index in [-0.39, 0.29) is 29.6 Å². The van der Waals surface area contributed by atoms with Crippen LogP contribution in [0.5, 0.6) is 0 Å². The van der Waals surface area contributed by atoms with Crippen LogP contribution in [0.15, 0.2) is 11.8 Å². The SMILES string of the molecule is CC(C)=CO[SH](=O)=O.[NaH]. The molecule has 0 saturated carbocycles. The summed E-state index contributed by atoms with van der Waals surface area (Å²) in [6.45, 7) is 3.50. The minimum absolute atomic E-state index is 0. The molecule has 0 aliphatic rings. The van der Waals surface area contributed by atoms with Crippen LogP contribution in [-0.4, -0.2) is 38.0 Å². The third kappa shape index (κ3) is 11.9. The zero-order chi connectivity index (χ0) is 6.57. The van der Waals surface area contributed by atoms with Crippen molar-refractivity contribution in [2.45, 2.75) is 13.8 Å². The van der Waals surface area contributed by atoms with Crippen LogP contribution in [0.1, 0.15) is 13.8 Å². The van der Waals surface area contributed by atoms with Crippen LogP contribution in [0.4, 0.5) is 0 Å². The molecule has 0 heterocycles. The van der Waals surface area contributed by atoms with Crippen molar-refractivity contribution in [3.8, 4) is 0 Å². The van der Waals surface area contributed by atoms with Crippen molar-refractivity contribution < 1.29 is 12.6 Å². The Labute approximate surface area is 78.5 Å². The van der Waals surface area contributed by atoms with E-state index in [1.807, 2.05) is 0 Å². The molecule has 0 amide bonds. The van der Waals surface area contributed by atoms with Crippen molar-refractivity contribution >= 4 is 40.5 Å². The van der Waals surface area contributed by atoms with Crippen LogP contribution in [-0.2, 0) is 15.2 Å². The average Bonchev–Trinajstić information content (AvgIpc) is 1.61. The van der Waals surface area contributed by atoms with Crippen LogP contribution in [0.3, 0.4) is 0 Å². The molecule has 0 fully saturated rings. The Kier molecular flexibility index (Phi) is 8.95. The first-order chi connectivity index (χ1) is 3.63. The molecule has 50 valence electrons. The van der Waals surface area contributed by atoms with E-state index < -0.39 is 11.0 Å². The summed E-state index contributed by atoms with van der Waals surface area (Å²) in [5.41, 5.74) is 0.823. The Morgan fingerprint density at radius 3 is 2.00 bits per heavy atom. The number of rotatable bonds is 2. The zero-order valence-electron chi connectivity index (χ0n) is 4.75. The third-order valence-electron chi connectivity index (χ3n) is 0.374. The predicted octanol–water partition coefficient (Wildman–Crippen LogP) is -0.195. The number of hydrogen-bond acceptors (Lipinski definition) is 3. The van der Waals surface area contributed by atoms with E-state index in [1.165, 1.54) is 6.26 Å². The molecule has 0 aromatic rings. The number of allylic oxidation sites excluding steroid dienone is 1. The fraction of sp³-hybridized carbons (Fsp3) is 0.500. The Morgan fingerprint density at radius 2 is 1.89 bits per heavy atom. The molecule has 0 aliphatic heterocycles. The minimum atomic E-state index is -2.71. The van der Waals surface area contributed by atoms with Crippen molar-refractivity contribution in [2.24, 2.45) is 0 Å². The second-order valence-electron chi connectivity index (χ2n) is 1.52. The van der Waals surface area contributed by atoms with Crippen LogP contribution in [0.25, 0.3) is 0 Å². The quantitative estimate of drug-likeness (QED) is 0.346. The van der Waals surface area contributed by atoms with E-state index in [2.05, 4.69) is 4.18 Å². The zero-order valence-corrected chi connectivity index (χ0v) is 5.64. The van der Waals surface area contributed by atoms with Gasteiger partial charge in [0.25, 0.3) is 11.0 Å². The topological polar surface area (TPSA) is 43.4 Å². The summed E-state index contributed by atoms with van der Waals surface area (Å²) in [5, 5.41) is 0. The van der Waals surface area contributed by atoms with Crippen LogP contribution >= 0.6 is 0 Å². The van der Waals surface area contributed by atoms with Gasteiger partial charge >= 0.3 is 29.6 Å². The molecule has 0 aromatic heterocycles. The molecule has 0 spiro atoms. The van der Waals surface area contributed by atoms with E-state index in [0.29, 0.717) is 0 Å². The van der Waals surface area contributed by atoms with E-state index in [4.69, 9.17) is 0 Å². The van der Waals surface area contributed by atoms with E-state index >= 15 is 0 Å². The first-order valence-electron chi connectivity index (χ1n) is 2.07. The Bertz CT molecular complexity index is 149. The van der Waals surface area contributed by atoms with Gasteiger partial charge in [0.05, 0.1) is 0 Å². The molecule has 0 unspecified atom stereocenters. The van der Waals surface area contributed by atoms with Crippen LogP contribution in [0.2, 0.25) is 0 Å².